The second-order valence-electron chi connectivity index (χ2n) is 6.47. The van der Waals surface area contributed by atoms with Crippen LogP contribution in [-0.2, 0) is 21.7 Å². The minimum atomic E-state index is -0.229. The van der Waals surface area contributed by atoms with E-state index in [0.717, 1.165) is 21.1 Å². The molecule has 0 bridgehead atoms. The highest BCUT2D eigenvalue weighted by Crippen LogP contribution is 2.45. The van der Waals surface area contributed by atoms with Gasteiger partial charge in [-0.25, -0.2) is 0 Å². The number of thioether (sulfide) groups is 2. The molecule has 2 nitrogen and oxygen atoms in total. The summed E-state index contributed by atoms with van der Waals surface area (Å²) in [6.07, 6.45) is 0.668. The first-order valence-corrected chi connectivity index (χ1v) is 11.0. The largest absolute Gasteiger partial charge is 0.423 e. The standard InChI is InChI=1S/C24H20O2S2/c25-23-21(16-18-10-4-1-5-11-18)28-24(27-17-19-12-6-2-7-13-19)22(26-23)20-14-8-3-9-15-20/h1-15,21H,16-17H2. The smallest absolute Gasteiger partial charge is 0.325 e. The van der Waals surface area contributed by atoms with Crippen molar-refractivity contribution < 1.29 is 9.53 Å². The Bertz CT molecular complexity index is 954. The molecule has 4 rings (SSSR count). The maximum absolute atomic E-state index is 12.7. The molecular weight excluding hydrogens is 384 g/mol. The average Bonchev–Trinajstić information content (AvgIpc) is 2.76. The van der Waals surface area contributed by atoms with E-state index in [4.69, 9.17) is 4.74 Å². The first-order chi connectivity index (χ1) is 13.8. The fourth-order valence-electron chi connectivity index (χ4n) is 2.98. The second kappa shape index (κ2) is 9.18. The van der Waals surface area contributed by atoms with Crippen LogP contribution in [0.25, 0.3) is 5.76 Å². The van der Waals surface area contributed by atoms with Gasteiger partial charge in [0, 0.05) is 11.3 Å². The Kier molecular flexibility index (Phi) is 6.20. The Morgan fingerprint density at radius 2 is 1.36 bits per heavy atom. The van der Waals surface area contributed by atoms with Gasteiger partial charge in [0.05, 0.1) is 4.24 Å². The summed E-state index contributed by atoms with van der Waals surface area (Å²) >= 11 is 3.36. The SMILES string of the molecule is O=C1OC(c2ccccc2)=C(SCc2ccccc2)SC1Cc1ccccc1. The van der Waals surface area contributed by atoms with Crippen LogP contribution in [0.3, 0.4) is 0 Å². The van der Waals surface area contributed by atoms with Crippen LogP contribution in [0.2, 0.25) is 0 Å². The zero-order valence-electron chi connectivity index (χ0n) is 15.3. The van der Waals surface area contributed by atoms with E-state index >= 15 is 0 Å². The van der Waals surface area contributed by atoms with Crippen LogP contribution in [0.15, 0.2) is 95.2 Å². The molecule has 0 N–H and O–H groups in total. The Morgan fingerprint density at radius 1 is 0.786 bits per heavy atom. The van der Waals surface area contributed by atoms with Gasteiger partial charge in [0.15, 0.2) is 5.76 Å². The Balaban J connectivity index is 1.59. The van der Waals surface area contributed by atoms with Gasteiger partial charge in [0.25, 0.3) is 0 Å². The van der Waals surface area contributed by atoms with Gasteiger partial charge in [-0.05, 0) is 17.5 Å². The van der Waals surface area contributed by atoms with Gasteiger partial charge in [0.2, 0.25) is 0 Å². The molecule has 0 aromatic heterocycles. The Morgan fingerprint density at radius 3 is 2.00 bits per heavy atom. The summed E-state index contributed by atoms with van der Waals surface area (Å²) in [6, 6.07) is 30.4. The van der Waals surface area contributed by atoms with Crippen molar-refractivity contribution in [1.29, 1.82) is 0 Å². The van der Waals surface area contributed by atoms with Crippen LogP contribution in [0.5, 0.6) is 0 Å². The van der Waals surface area contributed by atoms with Gasteiger partial charge in [-0.15, -0.1) is 11.8 Å². The topological polar surface area (TPSA) is 26.3 Å². The van der Waals surface area contributed by atoms with Crippen molar-refractivity contribution in [2.24, 2.45) is 0 Å². The molecule has 0 saturated carbocycles. The highest BCUT2D eigenvalue weighted by molar-refractivity contribution is 8.22. The van der Waals surface area contributed by atoms with Gasteiger partial charge in [-0.1, -0.05) is 103 Å². The number of carbonyl (C=O) groups excluding carboxylic acids is 1. The van der Waals surface area contributed by atoms with Crippen LogP contribution < -0.4 is 0 Å². The maximum Gasteiger partial charge on any atom is 0.325 e. The lowest BCUT2D eigenvalue weighted by Crippen LogP contribution is -2.26. The molecule has 28 heavy (non-hydrogen) atoms. The molecule has 1 aliphatic rings. The van der Waals surface area contributed by atoms with Crippen molar-refractivity contribution in [2.75, 3.05) is 0 Å². The molecule has 1 heterocycles. The van der Waals surface area contributed by atoms with Gasteiger partial charge in [-0.2, -0.15) is 0 Å². The highest BCUT2D eigenvalue weighted by atomic mass is 32.2. The summed E-state index contributed by atoms with van der Waals surface area (Å²) < 4.78 is 6.92. The van der Waals surface area contributed by atoms with E-state index in [9.17, 15) is 4.79 Å². The summed E-state index contributed by atoms with van der Waals surface area (Å²) in [7, 11) is 0. The molecule has 0 aliphatic carbocycles. The van der Waals surface area contributed by atoms with E-state index in [1.807, 2.05) is 54.6 Å². The zero-order chi connectivity index (χ0) is 19.2. The lowest BCUT2D eigenvalue weighted by Gasteiger charge is -2.25. The van der Waals surface area contributed by atoms with Gasteiger partial charge in [-0.3, -0.25) is 4.79 Å². The minimum absolute atomic E-state index is 0.170. The quantitative estimate of drug-likeness (QED) is 0.461. The maximum atomic E-state index is 12.7. The number of hydrogen-bond donors (Lipinski definition) is 0. The molecule has 0 amide bonds. The number of carbonyl (C=O) groups is 1. The number of ether oxygens (including phenoxy) is 1. The number of benzene rings is 3. The lowest BCUT2D eigenvalue weighted by atomic mass is 10.1. The third-order valence-corrected chi connectivity index (χ3v) is 7.02. The fourth-order valence-corrected chi connectivity index (χ4v) is 5.50. The zero-order valence-corrected chi connectivity index (χ0v) is 16.9. The molecular formula is C24H20O2S2. The van der Waals surface area contributed by atoms with Gasteiger partial charge < -0.3 is 4.74 Å². The third kappa shape index (κ3) is 4.70. The van der Waals surface area contributed by atoms with Crippen molar-refractivity contribution in [3.8, 4) is 0 Å². The molecule has 1 aliphatic heterocycles. The summed E-state index contributed by atoms with van der Waals surface area (Å²) in [4.78, 5) is 12.7. The molecule has 0 saturated heterocycles. The van der Waals surface area contributed by atoms with E-state index in [-0.39, 0.29) is 11.2 Å². The van der Waals surface area contributed by atoms with Gasteiger partial charge >= 0.3 is 5.97 Å². The van der Waals surface area contributed by atoms with E-state index < -0.39 is 0 Å². The Labute approximate surface area is 174 Å². The van der Waals surface area contributed by atoms with Crippen molar-refractivity contribution >= 4 is 35.3 Å². The average molecular weight is 405 g/mol. The molecule has 0 radical (unpaired) electrons. The van der Waals surface area contributed by atoms with Crippen LogP contribution >= 0.6 is 23.5 Å². The fraction of sp³-hybridized carbons (Fsp3) is 0.125. The predicted octanol–water partition coefficient (Wildman–Crippen LogP) is 6.15. The normalized spacial score (nSPS) is 16.7. The molecule has 0 spiro atoms. The number of hydrogen-bond acceptors (Lipinski definition) is 4. The molecule has 3 aromatic carbocycles. The highest BCUT2D eigenvalue weighted by Gasteiger charge is 2.32. The van der Waals surface area contributed by atoms with E-state index in [0.29, 0.717) is 12.2 Å². The van der Waals surface area contributed by atoms with E-state index in [1.54, 1.807) is 23.5 Å². The number of rotatable bonds is 6. The first-order valence-electron chi connectivity index (χ1n) is 9.18. The van der Waals surface area contributed by atoms with Crippen molar-refractivity contribution in [3.63, 3.8) is 0 Å². The predicted molar refractivity (Wildman–Crippen MR) is 119 cm³/mol. The van der Waals surface area contributed by atoms with Crippen LogP contribution in [0.4, 0.5) is 0 Å². The molecule has 140 valence electrons. The monoisotopic (exact) mass is 404 g/mol. The summed E-state index contributed by atoms with van der Waals surface area (Å²) in [6.45, 7) is 0. The lowest BCUT2D eigenvalue weighted by molar-refractivity contribution is -0.136. The molecule has 0 fully saturated rings. The van der Waals surface area contributed by atoms with Crippen molar-refractivity contribution in [2.45, 2.75) is 17.4 Å². The van der Waals surface area contributed by atoms with E-state index in [2.05, 4.69) is 36.4 Å². The van der Waals surface area contributed by atoms with E-state index in [1.165, 1.54) is 5.56 Å². The summed E-state index contributed by atoms with van der Waals surface area (Å²) in [5, 5.41) is -0.229. The molecule has 1 unspecified atom stereocenters. The second-order valence-corrected chi connectivity index (χ2v) is 8.93. The first kappa shape index (κ1) is 18.9. The van der Waals surface area contributed by atoms with Crippen LogP contribution in [0.1, 0.15) is 16.7 Å². The summed E-state index contributed by atoms with van der Waals surface area (Å²) in [5.74, 6) is 1.35. The van der Waals surface area contributed by atoms with Crippen molar-refractivity contribution in [1.82, 2.24) is 0 Å². The Hall–Kier alpha value is -2.43. The van der Waals surface area contributed by atoms with Crippen LogP contribution in [-0.4, -0.2) is 11.2 Å². The minimum Gasteiger partial charge on any atom is -0.423 e. The number of cyclic esters (lactones) is 1. The molecule has 3 aromatic rings. The number of esters is 1. The van der Waals surface area contributed by atoms with Crippen LogP contribution in [0, 0.1) is 0 Å². The summed E-state index contributed by atoms with van der Waals surface area (Å²) in [5.41, 5.74) is 3.34. The van der Waals surface area contributed by atoms with Gasteiger partial charge in [0.1, 0.15) is 5.25 Å². The molecule has 1 atom stereocenters. The third-order valence-electron chi connectivity index (χ3n) is 4.41. The van der Waals surface area contributed by atoms with Crippen molar-refractivity contribution in [3.05, 3.63) is 112 Å². The molecule has 4 heteroatoms.